The van der Waals surface area contributed by atoms with E-state index in [4.69, 9.17) is 4.74 Å². The maximum absolute atomic E-state index is 13.4. The molecule has 0 bridgehead atoms. The number of rotatable bonds is 13. The molecule has 0 saturated heterocycles. The summed E-state index contributed by atoms with van der Waals surface area (Å²) >= 11 is 0. The van der Waals surface area contributed by atoms with E-state index < -0.39 is 5.60 Å². The second-order valence-electron chi connectivity index (χ2n) is 12.9. The lowest BCUT2D eigenvalue weighted by atomic mass is 10.1. The Balaban J connectivity index is 1.35. The summed E-state index contributed by atoms with van der Waals surface area (Å²) in [7, 11) is 0. The van der Waals surface area contributed by atoms with E-state index in [2.05, 4.69) is 0 Å². The van der Waals surface area contributed by atoms with Crippen LogP contribution in [0.3, 0.4) is 0 Å². The summed E-state index contributed by atoms with van der Waals surface area (Å²) in [4.78, 5) is 57.4. The minimum Gasteiger partial charge on any atom is -0.456 e. The van der Waals surface area contributed by atoms with Crippen molar-refractivity contribution in [2.24, 2.45) is 0 Å². The van der Waals surface area contributed by atoms with Crippen LogP contribution in [0.1, 0.15) is 99.7 Å². The van der Waals surface area contributed by atoms with E-state index in [0.717, 1.165) is 16.7 Å². The molecule has 0 heterocycles. The first-order valence-electron chi connectivity index (χ1n) is 16.8. The molecule has 0 aliphatic carbocycles. The third-order valence-electron chi connectivity index (χ3n) is 8.14. The average molecular weight is 662 g/mol. The molecule has 0 spiro atoms. The standard InChI is InChI=1S/C41H47N3O5/c1-7-42(37(45)33-13-11-10-12-14-33)27-30-15-21-34(22-16-30)38(46)43(8-2)28-31-17-23-35(24-18-31)39(47)44(9-3)29-32-19-25-36(26-20-32)40(48)49-41(4,5)6/h10-26H,7-9,27-29H2,1-6H3. The van der Waals surface area contributed by atoms with Gasteiger partial charge in [-0.3, -0.25) is 14.4 Å². The highest BCUT2D eigenvalue weighted by Gasteiger charge is 2.20. The number of benzene rings is 4. The lowest BCUT2D eigenvalue weighted by Gasteiger charge is -2.23. The predicted octanol–water partition coefficient (Wildman–Crippen LogP) is 7.63. The van der Waals surface area contributed by atoms with Gasteiger partial charge in [-0.2, -0.15) is 0 Å². The average Bonchev–Trinajstić information content (AvgIpc) is 3.11. The van der Waals surface area contributed by atoms with Gasteiger partial charge in [0.15, 0.2) is 0 Å². The van der Waals surface area contributed by atoms with Gasteiger partial charge in [-0.25, -0.2) is 4.79 Å². The van der Waals surface area contributed by atoms with E-state index in [0.29, 0.717) is 61.5 Å². The number of ether oxygens (including phenoxy) is 1. The molecule has 0 fully saturated rings. The molecule has 8 nitrogen and oxygen atoms in total. The molecule has 4 aromatic rings. The third-order valence-corrected chi connectivity index (χ3v) is 8.14. The van der Waals surface area contributed by atoms with Crippen molar-refractivity contribution in [3.63, 3.8) is 0 Å². The fourth-order valence-corrected chi connectivity index (χ4v) is 5.36. The van der Waals surface area contributed by atoms with E-state index in [1.54, 1.807) is 39.0 Å². The van der Waals surface area contributed by atoms with Crippen LogP contribution in [0.15, 0.2) is 103 Å². The zero-order chi connectivity index (χ0) is 35.6. The number of nitrogens with zero attached hydrogens (tertiary/aromatic N) is 3. The smallest absolute Gasteiger partial charge is 0.338 e. The molecule has 49 heavy (non-hydrogen) atoms. The van der Waals surface area contributed by atoms with Crippen LogP contribution in [-0.4, -0.2) is 63.6 Å². The summed E-state index contributed by atoms with van der Waals surface area (Å²) in [6, 6.07) is 31.2. The number of carbonyl (C=O) groups excluding carboxylic acids is 4. The molecule has 0 aliphatic heterocycles. The van der Waals surface area contributed by atoms with Crippen LogP contribution in [0.5, 0.6) is 0 Å². The van der Waals surface area contributed by atoms with Gasteiger partial charge < -0.3 is 19.4 Å². The lowest BCUT2D eigenvalue weighted by Crippen LogP contribution is -2.31. The van der Waals surface area contributed by atoms with Gasteiger partial charge in [0.2, 0.25) is 0 Å². The van der Waals surface area contributed by atoms with E-state index in [1.165, 1.54) is 0 Å². The largest absolute Gasteiger partial charge is 0.456 e. The first-order chi connectivity index (χ1) is 23.4. The Morgan fingerprint density at radius 3 is 1.08 bits per heavy atom. The predicted molar refractivity (Wildman–Crippen MR) is 192 cm³/mol. The molecule has 0 saturated carbocycles. The minimum absolute atomic E-state index is 0.0260. The molecule has 4 rings (SSSR count). The van der Waals surface area contributed by atoms with Gasteiger partial charge >= 0.3 is 5.97 Å². The van der Waals surface area contributed by atoms with Crippen LogP contribution in [0.2, 0.25) is 0 Å². The summed E-state index contributed by atoms with van der Waals surface area (Å²) in [5.74, 6) is -0.587. The van der Waals surface area contributed by atoms with Crippen LogP contribution in [0.25, 0.3) is 0 Å². The van der Waals surface area contributed by atoms with Gasteiger partial charge in [-0.1, -0.05) is 54.6 Å². The van der Waals surface area contributed by atoms with Crippen molar-refractivity contribution < 1.29 is 23.9 Å². The number of carbonyl (C=O) groups is 4. The maximum atomic E-state index is 13.4. The van der Waals surface area contributed by atoms with Crippen molar-refractivity contribution in [3.05, 3.63) is 142 Å². The van der Waals surface area contributed by atoms with E-state index in [1.807, 2.05) is 120 Å². The van der Waals surface area contributed by atoms with Gasteiger partial charge in [0.1, 0.15) is 5.60 Å². The van der Waals surface area contributed by atoms with Crippen molar-refractivity contribution in [1.29, 1.82) is 0 Å². The molecule has 3 amide bonds. The number of amides is 3. The molecular weight excluding hydrogens is 614 g/mol. The Morgan fingerprint density at radius 2 is 0.776 bits per heavy atom. The normalized spacial score (nSPS) is 11.1. The molecule has 0 N–H and O–H groups in total. The van der Waals surface area contributed by atoms with Crippen molar-refractivity contribution in [2.75, 3.05) is 19.6 Å². The first kappa shape index (κ1) is 36.6. The quantitative estimate of drug-likeness (QED) is 0.138. The second-order valence-corrected chi connectivity index (χ2v) is 12.9. The Labute approximate surface area is 290 Å². The van der Waals surface area contributed by atoms with Crippen LogP contribution < -0.4 is 0 Å². The van der Waals surface area contributed by atoms with Gasteiger partial charge in [0.05, 0.1) is 5.56 Å². The summed E-state index contributed by atoms with van der Waals surface area (Å²) < 4.78 is 5.44. The Hall–Kier alpha value is -5.24. The zero-order valence-corrected chi connectivity index (χ0v) is 29.4. The highest BCUT2D eigenvalue weighted by Crippen LogP contribution is 2.18. The van der Waals surface area contributed by atoms with Crippen LogP contribution >= 0.6 is 0 Å². The molecule has 0 aliphatic rings. The number of hydrogen-bond acceptors (Lipinski definition) is 5. The van der Waals surface area contributed by atoms with Gasteiger partial charge in [-0.05, 0) is 107 Å². The molecule has 0 radical (unpaired) electrons. The first-order valence-corrected chi connectivity index (χ1v) is 16.8. The summed E-state index contributed by atoms with van der Waals surface area (Å²) in [6.45, 7) is 14.2. The van der Waals surface area contributed by atoms with Crippen molar-refractivity contribution in [2.45, 2.75) is 66.8 Å². The molecule has 8 heteroatoms. The Morgan fingerprint density at radius 1 is 0.469 bits per heavy atom. The van der Waals surface area contributed by atoms with Crippen LogP contribution in [0, 0.1) is 0 Å². The maximum Gasteiger partial charge on any atom is 0.338 e. The van der Waals surface area contributed by atoms with Gasteiger partial charge in [0, 0.05) is 56.0 Å². The zero-order valence-electron chi connectivity index (χ0n) is 29.4. The fraction of sp³-hybridized carbons (Fsp3) is 0.317. The summed E-state index contributed by atoms with van der Waals surface area (Å²) in [6.07, 6.45) is 0. The van der Waals surface area contributed by atoms with Gasteiger partial charge in [0.25, 0.3) is 17.7 Å². The topological polar surface area (TPSA) is 87.2 Å². The Kier molecular flexibility index (Phi) is 12.5. The van der Waals surface area contributed by atoms with Crippen molar-refractivity contribution in [1.82, 2.24) is 14.7 Å². The molecule has 4 aromatic carbocycles. The highest BCUT2D eigenvalue weighted by molar-refractivity contribution is 5.96. The lowest BCUT2D eigenvalue weighted by molar-refractivity contribution is 0.00690. The molecule has 0 unspecified atom stereocenters. The van der Waals surface area contributed by atoms with E-state index in [-0.39, 0.29) is 23.7 Å². The van der Waals surface area contributed by atoms with Crippen LogP contribution in [-0.2, 0) is 24.4 Å². The van der Waals surface area contributed by atoms with E-state index >= 15 is 0 Å². The summed E-state index contributed by atoms with van der Waals surface area (Å²) in [5.41, 5.74) is 4.47. The fourth-order valence-electron chi connectivity index (χ4n) is 5.36. The molecular formula is C41H47N3O5. The third kappa shape index (κ3) is 10.1. The second kappa shape index (κ2) is 16.7. The monoisotopic (exact) mass is 661 g/mol. The van der Waals surface area contributed by atoms with Crippen LogP contribution in [0.4, 0.5) is 0 Å². The minimum atomic E-state index is -0.571. The molecule has 0 aromatic heterocycles. The van der Waals surface area contributed by atoms with Crippen molar-refractivity contribution >= 4 is 23.7 Å². The number of esters is 1. The van der Waals surface area contributed by atoms with Crippen molar-refractivity contribution in [3.8, 4) is 0 Å². The Bertz CT molecular complexity index is 1710. The number of hydrogen-bond donors (Lipinski definition) is 0. The highest BCUT2D eigenvalue weighted by atomic mass is 16.6. The van der Waals surface area contributed by atoms with Gasteiger partial charge in [-0.15, -0.1) is 0 Å². The summed E-state index contributed by atoms with van der Waals surface area (Å²) in [5, 5.41) is 0. The SMILES string of the molecule is CCN(Cc1ccc(C(=O)N(CC)Cc2ccc(C(=O)N(CC)Cc3ccc(C(=O)OC(C)(C)C)cc3)cc2)cc1)C(=O)c1ccccc1. The van der Waals surface area contributed by atoms with E-state index in [9.17, 15) is 19.2 Å². The molecule has 0 atom stereocenters. The molecule has 256 valence electrons.